The first-order valence-corrected chi connectivity index (χ1v) is 10.3. The number of fused-ring (bicyclic) bond motifs is 1. The van der Waals surface area contributed by atoms with E-state index in [1.807, 2.05) is 12.1 Å². The first-order valence-electron chi connectivity index (χ1n) is 9.95. The summed E-state index contributed by atoms with van der Waals surface area (Å²) in [6.07, 6.45) is 1.62. The Labute approximate surface area is 182 Å². The van der Waals surface area contributed by atoms with E-state index in [1.54, 1.807) is 6.07 Å². The summed E-state index contributed by atoms with van der Waals surface area (Å²) in [4.78, 5) is 39.2. The summed E-state index contributed by atoms with van der Waals surface area (Å²) in [6.45, 7) is 0.140. The third kappa shape index (κ3) is 3.25. The molecule has 0 aromatic heterocycles. The highest BCUT2D eigenvalue weighted by Crippen LogP contribution is 2.46. The Kier molecular flexibility index (Phi) is 4.70. The maximum absolute atomic E-state index is 13.3. The molecule has 1 N–H and O–H groups in total. The minimum Gasteiger partial charge on any atom is -0.478 e. The molecule has 8 heteroatoms. The van der Waals surface area contributed by atoms with Crippen molar-refractivity contribution in [1.29, 1.82) is 0 Å². The van der Waals surface area contributed by atoms with E-state index in [-0.39, 0.29) is 41.2 Å². The van der Waals surface area contributed by atoms with E-state index in [4.69, 9.17) is 21.1 Å². The lowest BCUT2D eigenvalue weighted by Crippen LogP contribution is -2.40. The number of Topliss-reactive ketones (excluding diaryl/α,β-unsaturated/α-hetero) is 1. The van der Waals surface area contributed by atoms with Crippen LogP contribution in [0.15, 0.2) is 47.7 Å². The Morgan fingerprint density at radius 3 is 2.68 bits per heavy atom. The van der Waals surface area contributed by atoms with Crippen LogP contribution in [0.2, 0.25) is 5.02 Å². The average Bonchev–Trinajstić information content (AvgIpc) is 3.22. The second kappa shape index (κ2) is 7.42. The average molecular weight is 440 g/mol. The number of ketones is 1. The smallest absolute Gasteiger partial charge is 0.335 e. The van der Waals surface area contributed by atoms with Gasteiger partial charge in [-0.15, -0.1) is 0 Å². The molecule has 0 saturated carbocycles. The van der Waals surface area contributed by atoms with Crippen LogP contribution in [-0.2, 0) is 9.59 Å². The zero-order valence-electron chi connectivity index (χ0n) is 16.4. The standard InChI is InChI=1S/C23H18ClNO6/c24-15-6-4-13(23(28)29)8-17(15)25-16-2-1-3-18(26)22(16)14(10-21(25)27)12-5-7-19-20(9-12)31-11-30-19/h4-9,14H,1-3,10-11H2,(H,28,29). The third-order valence-electron chi connectivity index (χ3n) is 5.91. The second-order valence-electron chi connectivity index (χ2n) is 7.71. The first-order chi connectivity index (χ1) is 14.9. The molecular weight excluding hydrogens is 422 g/mol. The van der Waals surface area contributed by atoms with Crippen LogP contribution in [-0.4, -0.2) is 29.6 Å². The molecule has 2 aromatic rings. The van der Waals surface area contributed by atoms with E-state index in [0.717, 1.165) is 5.56 Å². The van der Waals surface area contributed by atoms with Crippen molar-refractivity contribution in [2.24, 2.45) is 0 Å². The largest absolute Gasteiger partial charge is 0.478 e. The Morgan fingerprint density at radius 1 is 1.06 bits per heavy atom. The molecule has 7 nitrogen and oxygen atoms in total. The highest BCUT2D eigenvalue weighted by Gasteiger charge is 2.40. The summed E-state index contributed by atoms with van der Waals surface area (Å²) in [7, 11) is 0. The van der Waals surface area contributed by atoms with Crippen LogP contribution in [0, 0.1) is 0 Å². The van der Waals surface area contributed by atoms with Crippen LogP contribution in [0.1, 0.15) is 47.5 Å². The summed E-state index contributed by atoms with van der Waals surface area (Å²) < 4.78 is 10.8. The van der Waals surface area contributed by atoms with Crippen LogP contribution < -0.4 is 14.4 Å². The van der Waals surface area contributed by atoms with Crippen LogP contribution in [0.25, 0.3) is 0 Å². The zero-order chi connectivity index (χ0) is 21.7. The van der Waals surface area contributed by atoms with E-state index >= 15 is 0 Å². The number of allylic oxidation sites excluding steroid dienone is 2. The molecule has 2 heterocycles. The minimum atomic E-state index is -1.12. The van der Waals surface area contributed by atoms with E-state index < -0.39 is 11.9 Å². The van der Waals surface area contributed by atoms with Crippen LogP contribution in [0.5, 0.6) is 11.5 Å². The van der Waals surface area contributed by atoms with Gasteiger partial charge in [-0.2, -0.15) is 0 Å². The van der Waals surface area contributed by atoms with Gasteiger partial charge in [0.1, 0.15) is 0 Å². The summed E-state index contributed by atoms with van der Waals surface area (Å²) in [5.74, 6) is -0.534. The zero-order valence-corrected chi connectivity index (χ0v) is 17.1. The molecule has 5 rings (SSSR count). The molecule has 158 valence electrons. The summed E-state index contributed by atoms with van der Waals surface area (Å²) in [5.41, 5.74) is 2.30. The van der Waals surface area contributed by atoms with Crippen molar-refractivity contribution in [3.8, 4) is 11.5 Å². The van der Waals surface area contributed by atoms with E-state index in [1.165, 1.54) is 23.1 Å². The molecule has 0 saturated heterocycles. The quantitative estimate of drug-likeness (QED) is 0.766. The Bertz CT molecular complexity index is 1170. The summed E-state index contributed by atoms with van der Waals surface area (Å²) >= 11 is 6.36. The molecule has 0 radical (unpaired) electrons. The predicted molar refractivity (Wildman–Crippen MR) is 112 cm³/mol. The topological polar surface area (TPSA) is 93.1 Å². The van der Waals surface area contributed by atoms with Crippen LogP contribution in [0.4, 0.5) is 5.69 Å². The van der Waals surface area contributed by atoms with E-state index in [2.05, 4.69) is 0 Å². The molecular formula is C23H18ClNO6. The van der Waals surface area contributed by atoms with Gasteiger partial charge < -0.3 is 14.6 Å². The van der Waals surface area contributed by atoms with Crippen molar-refractivity contribution in [2.75, 3.05) is 11.7 Å². The number of carbonyl (C=O) groups is 3. The lowest BCUT2D eigenvalue weighted by molar-refractivity contribution is -0.119. The number of amides is 1. The number of carbonyl (C=O) groups excluding carboxylic acids is 2. The SMILES string of the molecule is O=C1CCCC2=C1C(c1ccc3c(c1)OCO3)CC(=O)N2c1cc(C(=O)O)ccc1Cl. The van der Waals surface area contributed by atoms with E-state index in [0.29, 0.717) is 42.0 Å². The van der Waals surface area contributed by atoms with Crippen LogP contribution >= 0.6 is 11.6 Å². The third-order valence-corrected chi connectivity index (χ3v) is 6.23. The fourth-order valence-corrected chi connectivity index (χ4v) is 4.71. The van der Waals surface area contributed by atoms with Gasteiger partial charge in [-0.1, -0.05) is 17.7 Å². The van der Waals surface area contributed by atoms with Crippen molar-refractivity contribution in [3.63, 3.8) is 0 Å². The van der Waals surface area contributed by atoms with Gasteiger partial charge in [0, 0.05) is 30.0 Å². The monoisotopic (exact) mass is 439 g/mol. The second-order valence-corrected chi connectivity index (χ2v) is 8.11. The molecule has 2 aliphatic heterocycles. The van der Waals surface area contributed by atoms with Gasteiger partial charge in [-0.3, -0.25) is 14.5 Å². The molecule has 1 aliphatic carbocycles. The van der Waals surface area contributed by atoms with Crippen molar-refractivity contribution < 1.29 is 29.0 Å². The van der Waals surface area contributed by atoms with Crippen molar-refractivity contribution in [1.82, 2.24) is 0 Å². The van der Waals surface area contributed by atoms with Gasteiger partial charge in [0.2, 0.25) is 12.7 Å². The number of benzene rings is 2. The normalized spacial score (nSPS) is 20.2. The number of hydrogen-bond donors (Lipinski definition) is 1. The number of halogens is 1. The Balaban J connectivity index is 1.65. The van der Waals surface area contributed by atoms with Gasteiger partial charge in [-0.05, 0) is 48.7 Å². The predicted octanol–water partition coefficient (Wildman–Crippen LogP) is 4.29. The summed E-state index contributed by atoms with van der Waals surface area (Å²) in [6, 6.07) is 9.69. The number of aromatic carboxylic acids is 1. The number of hydrogen-bond acceptors (Lipinski definition) is 5. The number of carboxylic acids is 1. The Hall–Kier alpha value is -3.32. The van der Waals surface area contributed by atoms with Gasteiger partial charge in [0.15, 0.2) is 17.3 Å². The number of nitrogens with zero attached hydrogens (tertiary/aromatic N) is 1. The van der Waals surface area contributed by atoms with Crippen molar-refractivity contribution in [2.45, 2.75) is 31.6 Å². The summed E-state index contributed by atoms with van der Waals surface area (Å²) in [5, 5.41) is 9.63. The maximum Gasteiger partial charge on any atom is 0.335 e. The first kappa shape index (κ1) is 19.6. The van der Waals surface area contributed by atoms with Gasteiger partial charge in [-0.25, -0.2) is 4.79 Å². The molecule has 1 amide bonds. The van der Waals surface area contributed by atoms with Gasteiger partial charge >= 0.3 is 5.97 Å². The molecule has 1 atom stereocenters. The molecule has 0 fully saturated rings. The molecule has 31 heavy (non-hydrogen) atoms. The lowest BCUT2D eigenvalue weighted by atomic mass is 9.77. The molecule has 1 unspecified atom stereocenters. The minimum absolute atomic E-state index is 0.00747. The van der Waals surface area contributed by atoms with Crippen molar-refractivity contribution >= 4 is 34.9 Å². The fraction of sp³-hybridized carbons (Fsp3) is 0.261. The lowest BCUT2D eigenvalue weighted by Gasteiger charge is -2.38. The number of rotatable bonds is 3. The van der Waals surface area contributed by atoms with Crippen molar-refractivity contribution in [3.05, 3.63) is 63.8 Å². The van der Waals surface area contributed by atoms with Gasteiger partial charge in [0.25, 0.3) is 0 Å². The molecule has 0 bridgehead atoms. The molecule has 3 aliphatic rings. The number of ether oxygens (including phenoxy) is 2. The van der Waals surface area contributed by atoms with E-state index in [9.17, 15) is 19.5 Å². The highest BCUT2D eigenvalue weighted by molar-refractivity contribution is 6.34. The van der Waals surface area contributed by atoms with Gasteiger partial charge in [0.05, 0.1) is 16.3 Å². The highest BCUT2D eigenvalue weighted by atomic mass is 35.5. The Morgan fingerprint density at radius 2 is 1.87 bits per heavy atom. The molecule has 2 aromatic carbocycles. The van der Waals surface area contributed by atoms with Crippen LogP contribution in [0.3, 0.4) is 0 Å². The fourth-order valence-electron chi connectivity index (χ4n) is 4.50. The molecule has 0 spiro atoms. The number of anilines is 1. The maximum atomic E-state index is 13.3. The number of carboxylic acid groups (broad SMARTS) is 1.